The Kier molecular flexibility index (Phi) is 3.94. The minimum absolute atomic E-state index is 0.307. The van der Waals surface area contributed by atoms with E-state index in [0.717, 1.165) is 29.1 Å². The summed E-state index contributed by atoms with van der Waals surface area (Å²) in [4.78, 5) is 0. The van der Waals surface area contributed by atoms with E-state index in [-0.39, 0.29) is 0 Å². The third-order valence-electron chi connectivity index (χ3n) is 3.27. The third-order valence-corrected chi connectivity index (χ3v) is 4.01. The number of nitrogens with one attached hydrogen (secondary N) is 1. The zero-order chi connectivity index (χ0) is 13.9. The molecule has 3 nitrogen and oxygen atoms in total. The number of aryl methyl sites for hydroxylation is 1. The van der Waals surface area contributed by atoms with Crippen LogP contribution in [0.25, 0.3) is 0 Å². The first-order valence-corrected chi connectivity index (χ1v) is 7.36. The normalized spacial score (nSPS) is 12.7. The van der Waals surface area contributed by atoms with E-state index in [1.165, 1.54) is 16.7 Å². The summed E-state index contributed by atoms with van der Waals surface area (Å²) in [6, 6.07) is 12.5. The Morgan fingerprint density at radius 2 is 1.90 bits per heavy atom. The van der Waals surface area contributed by atoms with Gasteiger partial charge in [0.1, 0.15) is 0 Å². The molecule has 0 bridgehead atoms. The molecule has 1 aliphatic heterocycles. The second kappa shape index (κ2) is 5.85. The van der Waals surface area contributed by atoms with Crippen molar-refractivity contribution in [1.29, 1.82) is 0 Å². The van der Waals surface area contributed by atoms with Crippen molar-refractivity contribution >= 4 is 15.9 Å². The summed E-state index contributed by atoms with van der Waals surface area (Å²) in [7, 11) is 0. The zero-order valence-corrected chi connectivity index (χ0v) is 12.9. The highest BCUT2D eigenvalue weighted by atomic mass is 79.9. The number of halogens is 1. The van der Waals surface area contributed by atoms with Gasteiger partial charge < -0.3 is 14.8 Å². The van der Waals surface area contributed by atoms with Gasteiger partial charge in [0.2, 0.25) is 6.79 Å². The zero-order valence-electron chi connectivity index (χ0n) is 11.3. The average molecular weight is 334 g/mol. The van der Waals surface area contributed by atoms with Gasteiger partial charge in [-0.05, 0) is 30.2 Å². The maximum atomic E-state index is 5.40. The van der Waals surface area contributed by atoms with Crippen molar-refractivity contribution in [3.05, 3.63) is 57.6 Å². The number of benzene rings is 2. The molecule has 1 heterocycles. The maximum Gasteiger partial charge on any atom is 0.231 e. The lowest BCUT2D eigenvalue weighted by molar-refractivity contribution is 0.174. The first-order chi connectivity index (χ1) is 9.72. The van der Waals surface area contributed by atoms with Gasteiger partial charge in [0.25, 0.3) is 0 Å². The molecule has 0 atom stereocenters. The van der Waals surface area contributed by atoms with E-state index >= 15 is 0 Å². The third kappa shape index (κ3) is 2.97. The van der Waals surface area contributed by atoms with Gasteiger partial charge in [0, 0.05) is 17.6 Å². The van der Waals surface area contributed by atoms with Crippen molar-refractivity contribution in [2.45, 2.75) is 20.0 Å². The molecule has 0 unspecified atom stereocenters. The molecule has 0 amide bonds. The largest absolute Gasteiger partial charge is 0.454 e. The number of rotatable bonds is 4. The molecule has 0 saturated carbocycles. The second-order valence-electron chi connectivity index (χ2n) is 4.89. The van der Waals surface area contributed by atoms with E-state index in [1.807, 2.05) is 12.1 Å². The van der Waals surface area contributed by atoms with E-state index in [1.54, 1.807) is 0 Å². The highest BCUT2D eigenvalue weighted by molar-refractivity contribution is 9.10. The minimum Gasteiger partial charge on any atom is -0.454 e. The first-order valence-electron chi connectivity index (χ1n) is 6.56. The smallest absolute Gasteiger partial charge is 0.231 e. The summed E-state index contributed by atoms with van der Waals surface area (Å²) in [6.45, 7) is 4.05. The molecular formula is C16H16BrNO2. The lowest BCUT2D eigenvalue weighted by Crippen LogP contribution is -2.13. The minimum atomic E-state index is 0.307. The van der Waals surface area contributed by atoms with Crippen molar-refractivity contribution in [3.8, 4) is 11.5 Å². The standard InChI is InChI=1S/C16H16BrNO2/c1-11-3-2-4-12(5-11)8-18-9-13-6-15-16(7-14(13)17)20-10-19-15/h2-7,18H,8-10H2,1H3. The number of hydrogen-bond acceptors (Lipinski definition) is 3. The molecule has 0 saturated heterocycles. The van der Waals surface area contributed by atoms with Crippen LogP contribution in [0.2, 0.25) is 0 Å². The predicted octanol–water partition coefficient (Wildman–Crippen LogP) is 3.78. The van der Waals surface area contributed by atoms with Crippen LogP contribution in [-0.4, -0.2) is 6.79 Å². The topological polar surface area (TPSA) is 30.5 Å². The Morgan fingerprint density at radius 1 is 1.10 bits per heavy atom. The Labute approximate surface area is 127 Å². The lowest BCUT2D eigenvalue weighted by atomic mass is 10.1. The number of hydrogen-bond donors (Lipinski definition) is 1. The molecule has 0 radical (unpaired) electrons. The fourth-order valence-corrected chi connectivity index (χ4v) is 2.72. The van der Waals surface area contributed by atoms with Crippen LogP contribution in [0.4, 0.5) is 0 Å². The second-order valence-corrected chi connectivity index (χ2v) is 5.74. The summed E-state index contributed by atoms with van der Waals surface area (Å²) < 4.78 is 11.8. The van der Waals surface area contributed by atoms with Gasteiger partial charge in [0.05, 0.1) is 0 Å². The highest BCUT2D eigenvalue weighted by Gasteiger charge is 2.15. The van der Waals surface area contributed by atoms with Gasteiger partial charge in [-0.15, -0.1) is 0 Å². The molecule has 2 aromatic rings. The summed E-state index contributed by atoms with van der Waals surface area (Å²) in [6.07, 6.45) is 0. The van der Waals surface area contributed by atoms with Gasteiger partial charge >= 0.3 is 0 Å². The molecule has 104 valence electrons. The van der Waals surface area contributed by atoms with E-state index in [2.05, 4.69) is 52.4 Å². The van der Waals surface area contributed by atoms with Crippen LogP contribution in [0, 0.1) is 6.92 Å². The molecule has 20 heavy (non-hydrogen) atoms. The van der Waals surface area contributed by atoms with Crippen LogP contribution in [0.1, 0.15) is 16.7 Å². The molecular weight excluding hydrogens is 318 g/mol. The predicted molar refractivity (Wildman–Crippen MR) is 82.0 cm³/mol. The molecule has 0 aliphatic carbocycles. The summed E-state index contributed by atoms with van der Waals surface area (Å²) in [5, 5.41) is 3.45. The van der Waals surface area contributed by atoms with Crippen LogP contribution in [0.5, 0.6) is 11.5 Å². The Bertz CT molecular complexity index is 628. The molecule has 1 aliphatic rings. The quantitative estimate of drug-likeness (QED) is 0.923. The van der Waals surface area contributed by atoms with Crippen molar-refractivity contribution < 1.29 is 9.47 Å². The Balaban J connectivity index is 1.64. The summed E-state index contributed by atoms with van der Waals surface area (Å²) in [5.41, 5.74) is 3.75. The van der Waals surface area contributed by atoms with Crippen LogP contribution in [0.3, 0.4) is 0 Å². The van der Waals surface area contributed by atoms with Crippen molar-refractivity contribution in [1.82, 2.24) is 5.32 Å². The van der Waals surface area contributed by atoms with Crippen molar-refractivity contribution in [2.75, 3.05) is 6.79 Å². The number of ether oxygens (including phenoxy) is 2. The fourth-order valence-electron chi connectivity index (χ4n) is 2.26. The van der Waals surface area contributed by atoms with E-state index in [4.69, 9.17) is 9.47 Å². The van der Waals surface area contributed by atoms with Gasteiger partial charge in [-0.1, -0.05) is 45.8 Å². The number of fused-ring (bicyclic) bond motifs is 1. The fraction of sp³-hybridized carbons (Fsp3) is 0.250. The van der Waals surface area contributed by atoms with Crippen LogP contribution >= 0.6 is 15.9 Å². The van der Waals surface area contributed by atoms with Crippen molar-refractivity contribution in [3.63, 3.8) is 0 Å². The molecule has 3 rings (SSSR count). The lowest BCUT2D eigenvalue weighted by Gasteiger charge is -2.09. The molecule has 2 aromatic carbocycles. The van der Waals surface area contributed by atoms with Crippen LogP contribution in [-0.2, 0) is 13.1 Å². The average Bonchev–Trinajstić information content (AvgIpc) is 2.86. The first kappa shape index (κ1) is 13.5. The summed E-state index contributed by atoms with van der Waals surface area (Å²) in [5.74, 6) is 1.62. The maximum absolute atomic E-state index is 5.40. The molecule has 4 heteroatoms. The van der Waals surface area contributed by atoms with Gasteiger partial charge in [0.15, 0.2) is 11.5 Å². The summed E-state index contributed by atoms with van der Waals surface area (Å²) >= 11 is 3.57. The molecule has 1 N–H and O–H groups in total. The van der Waals surface area contributed by atoms with Crippen LogP contribution < -0.4 is 14.8 Å². The molecule has 0 spiro atoms. The Morgan fingerprint density at radius 3 is 2.70 bits per heavy atom. The van der Waals surface area contributed by atoms with Crippen molar-refractivity contribution in [2.24, 2.45) is 0 Å². The molecule has 0 fully saturated rings. The van der Waals surface area contributed by atoms with E-state index < -0.39 is 0 Å². The van der Waals surface area contributed by atoms with Gasteiger partial charge in [-0.3, -0.25) is 0 Å². The molecule has 0 aromatic heterocycles. The van der Waals surface area contributed by atoms with E-state index in [9.17, 15) is 0 Å². The van der Waals surface area contributed by atoms with E-state index in [0.29, 0.717) is 6.79 Å². The van der Waals surface area contributed by atoms with Gasteiger partial charge in [-0.25, -0.2) is 0 Å². The SMILES string of the molecule is Cc1cccc(CNCc2cc3c(cc2Br)OCO3)c1. The van der Waals surface area contributed by atoms with Crippen LogP contribution in [0.15, 0.2) is 40.9 Å². The Hall–Kier alpha value is -1.52. The highest BCUT2D eigenvalue weighted by Crippen LogP contribution is 2.36. The monoisotopic (exact) mass is 333 g/mol. The van der Waals surface area contributed by atoms with Gasteiger partial charge in [-0.2, -0.15) is 0 Å².